The van der Waals surface area contributed by atoms with Gasteiger partial charge in [-0.1, -0.05) is 48.0 Å². The third-order valence-electron chi connectivity index (χ3n) is 6.68. The minimum atomic E-state index is -0.345. The molecule has 0 aliphatic carbocycles. The molecule has 0 bridgehead atoms. The first-order valence-electron chi connectivity index (χ1n) is 14.4. The molecule has 228 valence electrons. The normalized spacial score (nSPS) is 10.8. The van der Waals surface area contributed by atoms with Gasteiger partial charge in [0.25, 0.3) is 11.8 Å². The number of amides is 2. The van der Waals surface area contributed by atoms with Gasteiger partial charge in [-0.25, -0.2) is 10.4 Å². The van der Waals surface area contributed by atoms with Gasteiger partial charge in [0.2, 0.25) is 0 Å². The molecule has 5 aromatic rings. The highest BCUT2D eigenvalue weighted by Gasteiger charge is 2.11. The van der Waals surface area contributed by atoms with Crippen LogP contribution in [0.2, 0.25) is 0 Å². The smallest absolute Gasteiger partial charge is 0.271 e. The van der Waals surface area contributed by atoms with Crippen molar-refractivity contribution in [3.05, 3.63) is 119 Å². The van der Waals surface area contributed by atoms with Gasteiger partial charge in [0.15, 0.2) is 23.2 Å². The predicted octanol–water partition coefficient (Wildman–Crippen LogP) is 7.35. The lowest BCUT2D eigenvalue weighted by Crippen LogP contribution is -2.20. The van der Waals surface area contributed by atoms with Gasteiger partial charge in [-0.15, -0.1) is 11.3 Å². The van der Waals surface area contributed by atoms with Crippen LogP contribution >= 0.6 is 11.3 Å². The molecule has 2 amide bonds. The van der Waals surface area contributed by atoms with Crippen molar-refractivity contribution in [1.29, 1.82) is 0 Å². The molecule has 45 heavy (non-hydrogen) atoms. The van der Waals surface area contributed by atoms with E-state index >= 15 is 0 Å². The third-order valence-corrected chi connectivity index (χ3v) is 7.43. The van der Waals surface area contributed by atoms with Crippen molar-refractivity contribution in [3.63, 3.8) is 0 Å². The molecule has 0 radical (unpaired) electrons. The van der Waals surface area contributed by atoms with Gasteiger partial charge in [0, 0.05) is 27.9 Å². The predicted molar refractivity (Wildman–Crippen MR) is 180 cm³/mol. The van der Waals surface area contributed by atoms with Crippen LogP contribution in [0.1, 0.15) is 34.0 Å². The van der Waals surface area contributed by atoms with Gasteiger partial charge in [-0.2, -0.15) is 5.10 Å². The summed E-state index contributed by atoms with van der Waals surface area (Å²) in [5.41, 5.74) is 9.31. The number of nitrogens with zero attached hydrogens (tertiary/aromatic N) is 2. The molecule has 0 fully saturated rings. The van der Waals surface area contributed by atoms with Gasteiger partial charge in [-0.3, -0.25) is 9.59 Å². The van der Waals surface area contributed by atoms with Crippen LogP contribution in [0.25, 0.3) is 11.3 Å². The summed E-state index contributed by atoms with van der Waals surface area (Å²) in [5.74, 6) is 0.268. The number of para-hydroxylation sites is 1. The highest BCUT2D eigenvalue weighted by molar-refractivity contribution is 7.14. The van der Waals surface area contributed by atoms with E-state index in [1.54, 1.807) is 30.3 Å². The summed E-state index contributed by atoms with van der Waals surface area (Å²) >= 11 is 1.52. The zero-order chi connectivity index (χ0) is 31.6. The molecular formula is C35H33N5O4S. The lowest BCUT2D eigenvalue weighted by Gasteiger charge is -2.13. The summed E-state index contributed by atoms with van der Waals surface area (Å²) in [6.07, 6.45) is 1.52. The van der Waals surface area contributed by atoms with Gasteiger partial charge in [0.1, 0.15) is 0 Å². The molecule has 0 saturated heterocycles. The minimum Gasteiger partial charge on any atom is -0.490 e. The zero-order valence-corrected chi connectivity index (χ0v) is 26.0. The molecule has 1 aromatic heterocycles. The molecule has 9 nitrogen and oxygen atoms in total. The van der Waals surface area contributed by atoms with Crippen LogP contribution in [0.3, 0.4) is 0 Å². The summed E-state index contributed by atoms with van der Waals surface area (Å²) in [7, 11) is 0. The molecular weight excluding hydrogens is 586 g/mol. The number of hydrogen-bond acceptors (Lipinski definition) is 8. The molecule has 3 N–H and O–H groups in total. The van der Waals surface area contributed by atoms with Crippen LogP contribution in [0.15, 0.2) is 101 Å². The van der Waals surface area contributed by atoms with Crippen molar-refractivity contribution >= 4 is 45.9 Å². The average Bonchev–Trinajstić information content (AvgIpc) is 3.51. The Morgan fingerprint density at radius 3 is 2.44 bits per heavy atom. The van der Waals surface area contributed by atoms with E-state index in [1.165, 1.54) is 23.1 Å². The van der Waals surface area contributed by atoms with E-state index in [-0.39, 0.29) is 18.4 Å². The number of nitrogens with one attached hydrogen (secondary N) is 3. The van der Waals surface area contributed by atoms with Gasteiger partial charge < -0.3 is 20.1 Å². The van der Waals surface area contributed by atoms with E-state index < -0.39 is 0 Å². The molecule has 0 saturated carbocycles. The first-order valence-corrected chi connectivity index (χ1v) is 15.2. The zero-order valence-electron chi connectivity index (χ0n) is 25.2. The number of ether oxygens (including phenoxy) is 2. The molecule has 4 aromatic carbocycles. The fourth-order valence-corrected chi connectivity index (χ4v) is 5.02. The van der Waals surface area contributed by atoms with Crippen molar-refractivity contribution < 1.29 is 19.1 Å². The topological polar surface area (TPSA) is 114 Å². The van der Waals surface area contributed by atoms with Crippen molar-refractivity contribution in [2.45, 2.75) is 20.8 Å². The largest absolute Gasteiger partial charge is 0.490 e. The highest BCUT2D eigenvalue weighted by Crippen LogP contribution is 2.29. The summed E-state index contributed by atoms with van der Waals surface area (Å²) in [5, 5.41) is 13.0. The number of carbonyl (C=O) groups excluding carboxylic acids is 2. The molecule has 5 rings (SSSR count). The minimum absolute atomic E-state index is 0.176. The molecule has 0 atom stereocenters. The first-order chi connectivity index (χ1) is 21.9. The molecule has 0 unspecified atom stereocenters. The van der Waals surface area contributed by atoms with E-state index in [9.17, 15) is 9.59 Å². The molecule has 10 heteroatoms. The number of benzene rings is 4. The Labute approximate surface area is 266 Å². The number of hydrazone groups is 1. The Kier molecular flexibility index (Phi) is 10.2. The first kappa shape index (κ1) is 31.0. The maximum absolute atomic E-state index is 12.7. The Morgan fingerprint density at radius 2 is 1.69 bits per heavy atom. The van der Waals surface area contributed by atoms with Crippen LogP contribution in [-0.4, -0.2) is 36.2 Å². The molecule has 0 aliphatic rings. The fourth-order valence-electron chi connectivity index (χ4n) is 4.28. The third kappa shape index (κ3) is 8.55. The Balaban J connectivity index is 1.15. The number of aryl methyl sites for hydroxylation is 2. The van der Waals surface area contributed by atoms with E-state index in [0.717, 1.165) is 33.3 Å². The van der Waals surface area contributed by atoms with Crippen LogP contribution in [0.5, 0.6) is 11.5 Å². The van der Waals surface area contributed by atoms with E-state index in [0.29, 0.717) is 29.2 Å². The number of anilines is 3. The average molecular weight is 620 g/mol. The lowest BCUT2D eigenvalue weighted by molar-refractivity contribution is -0.118. The number of rotatable bonds is 12. The summed E-state index contributed by atoms with van der Waals surface area (Å²) in [4.78, 5) is 29.8. The molecule has 0 aliphatic heterocycles. The van der Waals surface area contributed by atoms with Crippen molar-refractivity contribution in [3.8, 4) is 22.8 Å². The van der Waals surface area contributed by atoms with Crippen molar-refractivity contribution in [2.24, 2.45) is 5.10 Å². The van der Waals surface area contributed by atoms with Crippen LogP contribution in [0.4, 0.5) is 16.5 Å². The Morgan fingerprint density at radius 1 is 0.911 bits per heavy atom. The molecule has 1 heterocycles. The summed E-state index contributed by atoms with van der Waals surface area (Å²) in [6.45, 7) is 6.06. The number of thiazole rings is 1. The monoisotopic (exact) mass is 619 g/mol. The Bertz CT molecular complexity index is 1800. The quantitative estimate of drug-likeness (QED) is 0.0994. The lowest BCUT2D eigenvalue weighted by atomic mass is 10.1. The standard InChI is InChI=1S/C35H33N5O4S/c1-4-43-32-19-25(11-18-31(32)44-21-33(41)38-29-8-6-5-7-24(29)3)20-36-40-34(42)27-14-12-26(13-15-27)30-22-45-35(39-30)37-28-16-9-23(2)10-17-28/h5-20,22H,4,21H2,1-3H3,(H,37,39)(H,38,41)(H,40,42)/b36-20+. The maximum Gasteiger partial charge on any atom is 0.271 e. The second-order valence-corrected chi connectivity index (χ2v) is 11.0. The van der Waals surface area contributed by atoms with E-state index in [1.807, 2.05) is 79.9 Å². The van der Waals surface area contributed by atoms with Gasteiger partial charge in [-0.05, 0) is 80.4 Å². The number of aromatic nitrogens is 1. The fraction of sp³-hybridized carbons (Fsp3) is 0.143. The van der Waals surface area contributed by atoms with E-state index in [2.05, 4.69) is 33.1 Å². The number of hydrogen-bond donors (Lipinski definition) is 3. The second kappa shape index (κ2) is 14.8. The highest BCUT2D eigenvalue weighted by atomic mass is 32.1. The van der Waals surface area contributed by atoms with E-state index in [4.69, 9.17) is 9.47 Å². The van der Waals surface area contributed by atoms with Crippen LogP contribution < -0.4 is 25.5 Å². The molecule has 0 spiro atoms. The van der Waals surface area contributed by atoms with Gasteiger partial charge in [0.05, 0.1) is 18.5 Å². The van der Waals surface area contributed by atoms with Gasteiger partial charge >= 0.3 is 0 Å². The summed E-state index contributed by atoms with van der Waals surface area (Å²) in [6, 6.07) is 28.1. The maximum atomic E-state index is 12.7. The Hall–Kier alpha value is -5.48. The van der Waals surface area contributed by atoms with Crippen LogP contribution in [-0.2, 0) is 4.79 Å². The van der Waals surface area contributed by atoms with Crippen LogP contribution in [0, 0.1) is 13.8 Å². The van der Waals surface area contributed by atoms with Crippen molar-refractivity contribution in [1.82, 2.24) is 10.4 Å². The number of carbonyl (C=O) groups is 2. The summed E-state index contributed by atoms with van der Waals surface area (Å²) < 4.78 is 11.4. The second-order valence-electron chi connectivity index (χ2n) is 10.1. The van der Waals surface area contributed by atoms with Crippen molar-refractivity contribution in [2.75, 3.05) is 23.8 Å². The SMILES string of the molecule is CCOc1cc(/C=N/NC(=O)c2ccc(-c3csc(Nc4ccc(C)cc4)n3)cc2)ccc1OCC(=O)Nc1ccccc1C.